The number of imide groups is 1. The molecule has 2 aliphatic heterocycles. The maximum absolute atomic E-state index is 13.0. The number of thioether (sulfide) groups is 1. The Morgan fingerprint density at radius 3 is 2.65 bits per heavy atom. The Bertz CT molecular complexity index is 899. The number of likely N-dealkylation sites (tertiary alicyclic amines) is 1. The standard InChI is InChI=1S/C18H19N3O4S/c1-26-10-12-11-4-2-3-5-13(11)25-14(12)15(22)21-8-6-18(7-9-21)16(23)19-17(24)20-18/h2-5H,6-10H2,1H3,(H2,19,20,23,24). The molecule has 0 unspecified atom stereocenters. The number of benzene rings is 1. The van der Waals surface area contributed by atoms with Gasteiger partial charge in [-0.1, -0.05) is 18.2 Å². The molecule has 0 bridgehead atoms. The predicted octanol–water partition coefficient (Wildman–Crippen LogP) is 2.11. The van der Waals surface area contributed by atoms with E-state index in [0.29, 0.717) is 43.0 Å². The van der Waals surface area contributed by atoms with Crippen LogP contribution in [-0.2, 0) is 10.5 Å². The maximum atomic E-state index is 13.0. The average molecular weight is 373 g/mol. The summed E-state index contributed by atoms with van der Waals surface area (Å²) in [5.41, 5.74) is 0.727. The summed E-state index contributed by atoms with van der Waals surface area (Å²) in [5, 5.41) is 5.95. The van der Waals surface area contributed by atoms with Crippen LogP contribution in [0.4, 0.5) is 4.79 Å². The number of hydrogen-bond acceptors (Lipinski definition) is 5. The number of furan rings is 1. The summed E-state index contributed by atoms with van der Waals surface area (Å²) in [4.78, 5) is 38.2. The summed E-state index contributed by atoms with van der Waals surface area (Å²) in [7, 11) is 0. The van der Waals surface area contributed by atoms with Gasteiger partial charge in [0.25, 0.3) is 11.8 Å². The van der Waals surface area contributed by atoms with Crippen molar-refractivity contribution in [2.75, 3.05) is 19.3 Å². The molecule has 136 valence electrons. The van der Waals surface area contributed by atoms with Crippen LogP contribution < -0.4 is 10.6 Å². The van der Waals surface area contributed by atoms with Crippen molar-refractivity contribution in [2.45, 2.75) is 24.1 Å². The average Bonchev–Trinajstić information content (AvgIpc) is 3.13. The van der Waals surface area contributed by atoms with Crippen molar-refractivity contribution in [1.29, 1.82) is 0 Å². The third kappa shape index (κ3) is 2.65. The number of carbonyl (C=O) groups is 3. The number of carbonyl (C=O) groups excluding carboxylic acids is 3. The van der Waals surface area contributed by atoms with Crippen LogP contribution in [0, 0.1) is 0 Å². The normalized spacial score (nSPS) is 19.0. The number of para-hydroxylation sites is 1. The van der Waals surface area contributed by atoms with E-state index in [9.17, 15) is 14.4 Å². The predicted molar refractivity (Wildman–Crippen MR) is 98.0 cm³/mol. The fourth-order valence-corrected chi connectivity index (χ4v) is 4.25. The van der Waals surface area contributed by atoms with E-state index in [1.807, 2.05) is 30.5 Å². The fraction of sp³-hybridized carbons (Fsp3) is 0.389. The van der Waals surface area contributed by atoms with Crippen LogP contribution in [-0.4, -0.2) is 47.6 Å². The number of nitrogens with zero attached hydrogens (tertiary/aromatic N) is 1. The van der Waals surface area contributed by atoms with Gasteiger partial charge in [0, 0.05) is 29.8 Å². The van der Waals surface area contributed by atoms with Gasteiger partial charge in [0.15, 0.2) is 5.76 Å². The smallest absolute Gasteiger partial charge is 0.322 e. The van der Waals surface area contributed by atoms with Gasteiger partial charge in [0.05, 0.1) is 0 Å². The summed E-state index contributed by atoms with van der Waals surface area (Å²) in [5.74, 6) is 0.594. The van der Waals surface area contributed by atoms with Crippen LogP contribution >= 0.6 is 11.8 Å². The quantitative estimate of drug-likeness (QED) is 0.804. The second-order valence-electron chi connectivity index (χ2n) is 6.62. The molecule has 1 spiro atoms. The van der Waals surface area contributed by atoms with Crippen molar-refractivity contribution in [2.24, 2.45) is 0 Å². The number of urea groups is 1. The van der Waals surface area contributed by atoms with Crippen LogP contribution in [0.15, 0.2) is 28.7 Å². The number of fused-ring (bicyclic) bond motifs is 1. The fourth-order valence-electron chi connectivity index (χ4n) is 3.67. The van der Waals surface area contributed by atoms with Crippen molar-refractivity contribution in [3.8, 4) is 0 Å². The topological polar surface area (TPSA) is 91.7 Å². The zero-order chi connectivity index (χ0) is 18.3. The molecule has 2 aromatic rings. The molecule has 1 aromatic carbocycles. The number of amides is 4. The number of nitrogens with one attached hydrogen (secondary N) is 2. The Kier molecular flexibility index (Phi) is 4.14. The van der Waals surface area contributed by atoms with E-state index < -0.39 is 11.6 Å². The molecule has 2 aliphatic rings. The zero-order valence-electron chi connectivity index (χ0n) is 14.3. The van der Waals surface area contributed by atoms with Crippen LogP contribution in [0.2, 0.25) is 0 Å². The Hall–Kier alpha value is -2.48. The number of rotatable bonds is 3. The second kappa shape index (κ2) is 6.35. The van der Waals surface area contributed by atoms with Gasteiger partial charge in [-0.05, 0) is 25.2 Å². The molecule has 8 heteroatoms. The van der Waals surface area contributed by atoms with Gasteiger partial charge >= 0.3 is 6.03 Å². The summed E-state index contributed by atoms with van der Waals surface area (Å²) in [6, 6.07) is 7.18. The first-order valence-electron chi connectivity index (χ1n) is 8.46. The minimum absolute atomic E-state index is 0.162. The van der Waals surface area contributed by atoms with E-state index >= 15 is 0 Å². The molecule has 4 amide bonds. The van der Waals surface area contributed by atoms with E-state index in [1.165, 1.54) is 0 Å². The zero-order valence-corrected chi connectivity index (χ0v) is 15.1. The van der Waals surface area contributed by atoms with Gasteiger partial charge in [-0.15, -0.1) is 0 Å². The van der Waals surface area contributed by atoms with Crippen LogP contribution in [0.5, 0.6) is 0 Å². The molecule has 2 fully saturated rings. The first kappa shape index (κ1) is 17.0. The van der Waals surface area contributed by atoms with Crippen LogP contribution in [0.25, 0.3) is 11.0 Å². The van der Waals surface area contributed by atoms with Gasteiger partial charge in [-0.2, -0.15) is 11.8 Å². The molecule has 7 nitrogen and oxygen atoms in total. The van der Waals surface area contributed by atoms with Gasteiger partial charge in [-0.25, -0.2) is 4.79 Å². The van der Waals surface area contributed by atoms with Crippen LogP contribution in [0.1, 0.15) is 29.0 Å². The molecule has 26 heavy (non-hydrogen) atoms. The minimum atomic E-state index is -0.885. The lowest BCUT2D eigenvalue weighted by Crippen LogP contribution is -2.55. The molecule has 0 atom stereocenters. The Morgan fingerprint density at radius 2 is 2.00 bits per heavy atom. The summed E-state index contributed by atoms with van der Waals surface area (Å²) in [6.45, 7) is 0.782. The third-order valence-corrected chi connectivity index (χ3v) is 5.68. The molecule has 0 aliphatic carbocycles. The molecular formula is C18H19N3O4S. The van der Waals surface area contributed by atoms with Crippen molar-refractivity contribution in [3.63, 3.8) is 0 Å². The SMILES string of the molecule is CSCc1c(C(=O)N2CCC3(CC2)NC(=O)NC3=O)oc2ccccc12. The molecule has 0 radical (unpaired) electrons. The van der Waals surface area contributed by atoms with Gasteiger partial charge in [-0.3, -0.25) is 14.9 Å². The lowest BCUT2D eigenvalue weighted by atomic mass is 9.87. The Balaban J connectivity index is 1.58. The summed E-state index contributed by atoms with van der Waals surface area (Å²) in [6.07, 6.45) is 2.78. The molecule has 2 N–H and O–H groups in total. The van der Waals surface area contributed by atoms with E-state index in [1.54, 1.807) is 16.7 Å². The first-order chi connectivity index (χ1) is 12.5. The third-order valence-electron chi connectivity index (χ3n) is 5.10. The van der Waals surface area contributed by atoms with E-state index in [4.69, 9.17) is 4.42 Å². The maximum Gasteiger partial charge on any atom is 0.322 e. The molecule has 2 saturated heterocycles. The molecular weight excluding hydrogens is 354 g/mol. The van der Waals surface area contributed by atoms with E-state index in [2.05, 4.69) is 10.6 Å². The molecule has 4 rings (SSSR count). The minimum Gasteiger partial charge on any atom is -0.451 e. The highest BCUT2D eigenvalue weighted by molar-refractivity contribution is 7.97. The van der Waals surface area contributed by atoms with Gasteiger partial charge < -0.3 is 14.6 Å². The van der Waals surface area contributed by atoms with Crippen molar-refractivity contribution < 1.29 is 18.8 Å². The highest BCUT2D eigenvalue weighted by Gasteiger charge is 2.48. The molecule has 1 aromatic heterocycles. The monoisotopic (exact) mass is 373 g/mol. The number of hydrogen-bond donors (Lipinski definition) is 2. The lowest BCUT2D eigenvalue weighted by molar-refractivity contribution is -0.125. The van der Waals surface area contributed by atoms with Crippen LogP contribution in [0.3, 0.4) is 0 Å². The van der Waals surface area contributed by atoms with Crippen molar-refractivity contribution >= 4 is 40.6 Å². The Morgan fingerprint density at radius 1 is 1.27 bits per heavy atom. The highest BCUT2D eigenvalue weighted by atomic mass is 32.2. The van der Waals surface area contributed by atoms with Gasteiger partial charge in [0.2, 0.25) is 0 Å². The summed E-state index contributed by atoms with van der Waals surface area (Å²) >= 11 is 1.64. The van der Waals surface area contributed by atoms with E-state index in [-0.39, 0.29) is 11.8 Å². The van der Waals surface area contributed by atoms with E-state index in [0.717, 1.165) is 10.9 Å². The molecule has 3 heterocycles. The number of piperidine rings is 1. The summed E-state index contributed by atoms with van der Waals surface area (Å²) < 4.78 is 5.87. The largest absolute Gasteiger partial charge is 0.451 e. The molecule has 0 saturated carbocycles. The lowest BCUT2D eigenvalue weighted by Gasteiger charge is -2.36. The second-order valence-corrected chi connectivity index (χ2v) is 7.49. The first-order valence-corrected chi connectivity index (χ1v) is 9.86. The highest BCUT2D eigenvalue weighted by Crippen LogP contribution is 2.32. The van der Waals surface area contributed by atoms with Crippen molar-refractivity contribution in [1.82, 2.24) is 15.5 Å². The van der Waals surface area contributed by atoms with Crippen molar-refractivity contribution in [3.05, 3.63) is 35.6 Å². The Labute approximate surface area is 154 Å². The van der Waals surface area contributed by atoms with Gasteiger partial charge in [0.1, 0.15) is 11.1 Å².